The van der Waals surface area contributed by atoms with Gasteiger partial charge in [-0.15, -0.1) is 0 Å². The summed E-state index contributed by atoms with van der Waals surface area (Å²) in [7, 11) is 0. The fraction of sp³-hybridized carbons (Fsp3) is 1.00. The molecular weight excluding hydrogens is 156 g/mol. The van der Waals surface area contributed by atoms with Gasteiger partial charge in [-0.05, 0) is 23.2 Å². The van der Waals surface area contributed by atoms with Crippen molar-refractivity contribution >= 4 is 0 Å². The van der Waals surface area contributed by atoms with Gasteiger partial charge in [0, 0.05) is 0 Å². The lowest BCUT2D eigenvalue weighted by Crippen LogP contribution is -2.33. The van der Waals surface area contributed by atoms with Crippen LogP contribution in [0.2, 0.25) is 0 Å². The second-order valence-electron chi connectivity index (χ2n) is 5.37. The predicted octanol–water partition coefficient (Wildman–Crippen LogP) is 4.74. The van der Waals surface area contributed by atoms with Crippen molar-refractivity contribution in [2.45, 2.75) is 61.3 Å². The molecule has 0 saturated heterocycles. The highest BCUT2D eigenvalue weighted by Crippen LogP contribution is 2.42. The molecule has 0 bridgehead atoms. The van der Waals surface area contributed by atoms with E-state index in [1.165, 1.54) is 12.8 Å². The summed E-state index contributed by atoms with van der Waals surface area (Å²) < 4.78 is 0. The maximum atomic E-state index is 2.44. The Morgan fingerprint density at radius 2 is 1.31 bits per heavy atom. The van der Waals surface area contributed by atoms with Crippen molar-refractivity contribution in [2.75, 3.05) is 0 Å². The Hall–Kier alpha value is 0. The lowest BCUT2D eigenvalue weighted by Gasteiger charge is -2.41. The first-order chi connectivity index (χ1) is 5.87. The van der Waals surface area contributed by atoms with Gasteiger partial charge in [0.25, 0.3) is 0 Å². The highest BCUT2D eigenvalue weighted by atomic mass is 14.4. The van der Waals surface area contributed by atoms with E-state index in [2.05, 4.69) is 48.5 Å². The van der Waals surface area contributed by atoms with Crippen LogP contribution in [-0.2, 0) is 0 Å². The van der Waals surface area contributed by atoms with Crippen LogP contribution in [-0.4, -0.2) is 0 Å². The quantitative estimate of drug-likeness (QED) is 0.579. The third-order valence-corrected chi connectivity index (χ3v) is 4.21. The molecule has 0 aliphatic heterocycles. The van der Waals surface area contributed by atoms with E-state index >= 15 is 0 Å². The van der Waals surface area contributed by atoms with Crippen LogP contribution in [0.3, 0.4) is 0 Å². The summed E-state index contributed by atoms with van der Waals surface area (Å²) in [5.74, 6) is 2.50. The summed E-state index contributed by atoms with van der Waals surface area (Å²) in [5, 5.41) is 0. The third kappa shape index (κ3) is 3.00. The molecule has 0 aliphatic rings. The summed E-state index contributed by atoms with van der Waals surface area (Å²) >= 11 is 0. The van der Waals surface area contributed by atoms with Gasteiger partial charge in [0.2, 0.25) is 0 Å². The summed E-state index contributed by atoms with van der Waals surface area (Å²) in [6, 6.07) is 0. The summed E-state index contributed by atoms with van der Waals surface area (Å²) in [6.07, 6.45) is 2.64. The minimum Gasteiger partial charge on any atom is -0.0651 e. The molecule has 13 heavy (non-hydrogen) atoms. The maximum Gasteiger partial charge on any atom is -0.0298 e. The molecule has 80 valence electrons. The van der Waals surface area contributed by atoms with E-state index < -0.39 is 0 Å². The molecule has 1 unspecified atom stereocenters. The van der Waals surface area contributed by atoms with Crippen LogP contribution in [0.5, 0.6) is 0 Å². The van der Waals surface area contributed by atoms with Crippen LogP contribution in [0.15, 0.2) is 0 Å². The normalized spacial score (nSPS) is 15.5. The summed E-state index contributed by atoms with van der Waals surface area (Å²) in [5.41, 5.74) is 0.498. The molecule has 0 fully saturated rings. The average Bonchev–Trinajstić information content (AvgIpc) is 2.04. The summed E-state index contributed by atoms with van der Waals surface area (Å²) in [4.78, 5) is 0. The molecule has 0 aromatic carbocycles. The molecule has 0 radical (unpaired) electrons. The molecule has 0 amide bonds. The first kappa shape index (κ1) is 13.0. The highest BCUT2D eigenvalue weighted by Gasteiger charge is 2.33. The second-order valence-corrected chi connectivity index (χ2v) is 5.37. The van der Waals surface area contributed by atoms with E-state index in [4.69, 9.17) is 0 Å². The monoisotopic (exact) mass is 184 g/mol. The van der Waals surface area contributed by atoms with E-state index in [-0.39, 0.29) is 0 Å². The molecular formula is C13H28. The average molecular weight is 184 g/mol. The van der Waals surface area contributed by atoms with Crippen LogP contribution in [0.4, 0.5) is 0 Å². The van der Waals surface area contributed by atoms with Gasteiger partial charge in [-0.2, -0.15) is 0 Å². The van der Waals surface area contributed by atoms with Gasteiger partial charge in [0.05, 0.1) is 0 Å². The van der Waals surface area contributed by atoms with Crippen LogP contribution in [0, 0.1) is 23.2 Å². The third-order valence-electron chi connectivity index (χ3n) is 4.21. The lowest BCUT2D eigenvalue weighted by atomic mass is 9.64. The van der Waals surface area contributed by atoms with E-state index in [1.54, 1.807) is 0 Å². The molecule has 1 atom stereocenters. The Morgan fingerprint density at radius 1 is 0.923 bits per heavy atom. The molecule has 0 aromatic heterocycles. The second kappa shape index (κ2) is 5.02. The topological polar surface area (TPSA) is 0 Å². The van der Waals surface area contributed by atoms with Crippen LogP contribution >= 0.6 is 0 Å². The molecule has 0 heterocycles. The van der Waals surface area contributed by atoms with Crippen molar-refractivity contribution in [1.29, 1.82) is 0 Å². The zero-order chi connectivity index (χ0) is 10.6. The van der Waals surface area contributed by atoms with Gasteiger partial charge in [0.15, 0.2) is 0 Å². The highest BCUT2D eigenvalue weighted by molar-refractivity contribution is 4.83. The van der Waals surface area contributed by atoms with E-state index in [9.17, 15) is 0 Å². The van der Waals surface area contributed by atoms with Crippen LogP contribution in [0.25, 0.3) is 0 Å². The summed E-state index contributed by atoms with van der Waals surface area (Å²) in [6.45, 7) is 16.6. The molecule has 0 aromatic rings. The van der Waals surface area contributed by atoms with E-state index in [0.29, 0.717) is 5.41 Å². The van der Waals surface area contributed by atoms with Gasteiger partial charge < -0.3 is 0 Å². The van der Waals surface area contributed by atoms with Crippen molar-refractivity contribution in [3.05, 3.63) is 0 Å². The molecule has 0 nitrogen and oxygen atoms in total. The number of hydrogen-bond acceptors (Lipinski definition) is 0. The molecule has 0 N–H and O–H groups in total. The first-order valence-corrected chi connectivity index (χ1v) is 5.87. The van der Waals surface area contributed by atoms with Crippen molar-refractivity contribution in [1.82, 2.24) is 0 Å². The Bertz CT molecular complexity index is 125. The zero-order valence-corrected chi connectivity index (χ0v) is 10.6. The minimum absolute atomic E-state index is 0.498. The minimum atomic E-state index is 0.498. The van der Waals surface area contributed by atoms with Gasteiger partial charge in [-0.25, -0.2) is 0 Å². The Morgan fingerprint density at radius 3 is 1.54 bits per heavy atom. The Kier molecular flexibility index (Phi) is 5.02. The maximum absolute atomic E-state index is 2.44. The van der Waals surface area contributed by atoms with Crippen LogP contribution in [0.1, 0.15) is 61.3 Å². The fourth-order valence-corrected chi connectivity index (χ4v) is 2.57. The molecule has 0 saturated carbocycles. The van der Waals surface area contributed by atoms with Gasteiger partial charge in [0.1, 0.15) is 0 Å². The van der Waals surface area contributed by atoms with Crippen molar-refractivity contribution in [2.24, 2.45) is 23.2 Å². The lowest BCUT2D eigenvalue weighted by molar-refractivity contribution is 0.0856. The predicted molar refractivity (Wildman–Crippen MR) is 61.9 cm³/mol. The van der Waals surface area contributed by atoms with Crippen LogP contribution < -0.4 is 0 Å². The van der Waals surface area contributed by atoms with Crippen molar-refractivity contribution < 1.29 is 0 Å². The van der Waals surface area contributed by atoms with E-state index in [1.807, 2.05) is 0 Å². The van der Waals surface area contributed by atoms with Crippen molar-refractivity contribution in [3.8, 4) is 0 Å². The SMILES string of the molecule is CCC(CC)C(C)(C)C(C)C(C)C. The van der Waals surface area contributed by atoms with Gasteiger partial charge in [-0.1, -0.05) is 61.3 Å². The number of hydrogen-bond donors (Lipinski definition) is 0. The largest absolute Gasteiger partial charge is 0.0651 e. The van der Waals surface area contributed by atoms with Gasteiger partial charge in [-0.3, -0.25) is 0 Å². The van der Waals surface area contributed by atoms with Gasteiger partial charge >= 0.3 is 0 Å². The number of rotatable bonds is 5. The fourth-order valence-electron chi connectivity index (χ4n) is 2.57. The molecule has 0 aliphatic carbocycles. The zero-order valence-electron chi connectivity index (χ0n) is 10.6. The Labute approximate surface area is 85.1 Å². The van der Waals surface area contributed by atoms with E-state index in [0.717, 1.165) is 17.8 Å². The standard InChI is InChI=1S/C13H28/c1-8-12(9-2)13(6,7)11(5)10(3)4/h10-12H,8-9H2,1-7H3. The molecule has 0 spiro atoms. The molecule has 0 rings (SSSR count). The smallest absolute Gasteiger partial charge is 0.0298 e. The molecule has 0 heteroatoms. The first-order valence-electron chi connectivity index (χ1n) is 5.87. The Balaban J connectivity index is 4.51. The van der Waals surface area contributed by atoms with Crippen molar-refractivity contribution in [3.63, 3.8) is 0 Å².